The molecule has 6 heteroatoms. The number of nitrogens with two attached hydrogens (primary N) is 1. The minimum absolute atomic E-state index is 0.0161. The van der Waals surface area contributed by atoms with Crippen molar-refractivity contribution in [2.45, 2.75) is 6.92 Å². The quantitative estimate of drug-likeness (QED) is 0.712. The second kappa shape index (κ2) is 5.17. The summed E-state index contributed by atoms with van der Waals surface area (Å²) in [6, 6.07) is 4.46. The number of phenolic OH excluding ortho intramolecular Hbond substituents is 1. The van der Waals surface area contributed by atoms with Crippen LogP contribution in [-0.4, -0.2) is 52.9 Å². The topological polar surface area (TPSA) is 86.9 Å². The first kappa shape index (κ1) is 13.2. The van der Waals surface area contributed by atoms with E-state index >= 15 is 0 Å². The molecule has 0 aromatic heterocycles. The molecular formula is C13H17N3O3. The van der Waals surface area contributed by atoms with E-state index in [0.717, 1.165) is 0 Å². The minimum atomic E-state index is -0.235. The third-order valence-corrected chi connectivity index (χ3v) is 3.26. The summed E-state index contributed by atoms with van der Waals surface area (Å²) in [4.78, 5) is 26.8. The number of amides is 2. The van der Waals surface area contributed by atoms with Crippen LogP contribution in [0, 0.1) is 0 Å². The molecule has 6 nitrogen and oxygen atoms in total. The number of anilines is 1. The zero-order valence-electron chi connectivity index (χ0n) is 10.8. The molecule has 0 aliphatic carbocycles. The van der Waals surface area contributed by atoms with E-state index in [9.17, 15) is 14.7 Å². The molecule has 1 fully saturated rings. The van der Waals surface area contributed by atoms with Gasteiger partial charge < -0.3 is 20.6 Å². The third-order valence-electron chi connectivity index (χ3n) is 3.26. The van der Waals surface area contributed by atoms with Crippen LogP contribution in [0.1, 0.15) is 17.3 Å². The van der Waals surface area contributed by atoms with Crippen LogP contribution < -0.4 is 5.73 Å². The monoisotopic (exact) mass is 263 g/mol. The summed E-state index contributed by atoms with van der Waals surface area (Å²) in [5.74, 6) is -0.331. The predicted octanol–water partition coefficient (Wildman–Crippen LogP) is 0.279. The Morgan fingerprint density at radius 3 is 2.26 bits per heavy atom. The maximum absolute atomic E-state index is 12.2. The number of piperazine rings is 1. The van der Waals surface area contributed by atoms with Gasteiger partial charge in [-0.3, -0.25) is 9.59 Å². The van der Waals surface area contributed by atoms with E-state index in [1.807, 2.05) is 0 Å². The number of carbonyl (C=O) groups excluding carboxylic acids is 2. The number of nitrogens with zero attached hydrogens (tertiary/aromatic N) is 2. The standard InChI is InChI=1S/C13H17N3O3/c1-9(17)15-4-6-16(7-5-15)13(19)11-3-2-10(14)8-12(11)18/h2-3,8,18H,4-7,14H2,1H3. The zero-order chi connectivity index (χ0) is 14.0. The van der Waals surface area contributed by atoms with E-state index < -0.39 is 0 Å². The Balaban J connectivity index is 2.07. The van der Waals surface area contributed by atoms with Crippen molar-refractivity contribution >= 4 is 17.5 Å². The first-order valence-electron chi connectivity index (χ1n) is 6.12. The predicted molar refractivity (Wildman–Crippen MR) is 70.7 cm³/mol. The van der Waals surface area contributed by atoms with Crippen LogP contribution in [-0.2, 0) is 4.79 Å². The van der Waals surface area contributed by atoms with Crippen molar-refractivity contribution in [2.75, 3.05) is 31.9 Å². The van der Waals surface area contributed by atoms with Crippen LogP contribution in [0.4, 0.5) is 5.69 Å². The molecule has 0 bridgehead atoms. The summed E-state index contributed by atoms with van der Waals surface area (Å²) >= 11 is 0. The van der Waals surface area contributed by atoms with Crippen LogP contribution in [0.15, 0.2) is 18.2 Å². The molecule has 1 aliphatic heterocycles. The summed E-state index contributed by atoms with van der Waals surface area (Å²) in [6.07, 6.45) is 0. The number of carbonyl (C=O) groups is 2. The highest BCUT2D eigenvalue weighted by atomic mass is 16.3. The summed E-state index contributed by atoms with van der Waals surface area (Å²) in [5, 5.41) is 9.74. The molecule has 1 aromatic rings. The molecule has 0 atom stereocenters. The highest BCUT2D eigenvalue weighted by Gasteiger charge is 2.24. The molecule has 0 radical (unpaired) electrons. The van der Waals surface area contributed by atoms with E-state index in [0.29, 0.717) is 31.9 Å². The molecule has 0 spiro atoms. The van der Waals surface area contributed by atoms with Crippen LogP contribution in [0.3, 0.4) is 0 Å². The number of rotatable bonds is 1. The van der Waals surface area contributed by atoms with Gasteiger partial charge in [0, 0.05) is 44.9 Å². The molecule has 1 heterocycles. The summed E-state index contributed by atoms with van der Waals surface area (Å²) in [6.45, 7) is 3.52. The third kappa shape index (κ3) is 2.78. The molecule has 19 heavy (non-hydrogen) atoms. The van der Waals surface area contributed by atoms with Gasteiger partial charge in [-0.25, -0.2) is 0 Å². The second-order valence-electron chi connectivity index (χ2n) is 4.57. The van der Waals surface area contributed by atoms with Crippen molar-refractivity contribution in [2.24, 2.45) is 0 Å². The smallest absolute Gasteiger partial charge is 0.257 e. The summed E-state index contributed by atoms with van der Waals surface area (Å²) < 4.78 is 0. The van der Waals surface area contributed by atoms with Crippen molar-refractivity contribution in [1.29, 1.82) is 0 Å². The van der Waals surface area contributed by atoms with Gasteiger partial charge >= 0.3 is 0 Å². The van der Waals surface area contributed by atoms with E-state index in [1.165, 1.54) is 19.1 Å². The van der Waals surface area contributed by atoms with Crippen LogP contribution in [0.25, 0.3) is 0 Å². The fourth-order valence-electron chi connectivity index (χ4n) is 2.12. The Labute approximate surface area is 111 Å². The lowest BCUT2D eigenvalue weighted by Gasteiger charge is -2.34. The van der Waals surface area contributed by atoms with Crippen LogP contribution >= 0.6 is 0 Å². The highest BCUT2D eigenvalue weighted by molar-refractivity contribution is 5.97. The zero-order valence-corrected chi connectivity index (χ0v) is 10.8. The van der Waals surface area contributed by atoms with E-state index in [2.05, 4.69) is 0 Å². The van der Waals surface area contributed by atoms with Gasteiger partial charge in [0.05, 0.1) is 5.56 Å². The molecule has 0 saturated carbocycles. The molecule has 1 saturated heterocycles. The number of nitrogen functional groups attached to an aromatic ring is 1. The van der Waals surface area contributed by atoms with Crippen LogP contribution in [0.5, 0.6) is 5.75 Å². The Hall–Kier alpha value is -2.24. The van der Waals surface area contributed by atoms with Crippen LogP contribution in [0.2, 0.25) is 0 Å². The lowest BCUT2D eigenvalue weighted by atomic mass is 10.1. The largest absolute Gasteiger partial charge is 0.507 e. The Bertz CT molecular complexity index is 508. The molecule has 2 amide bonds. The number of aromatic hydroxyl groups is 1. The maximum atomic E-state index is 12.2. The van der Waals surface area contributed by atoms with Gasteiger partial charge in [-0.2, -0.15) is 0 Å². The number of hydrogen-bond acceptors (Lipinski definition) is 4. The van der Waals surface area contributed by atoms with Gasteiger partial charge in [-0.15, -0.1) is 0 Å². The fourth-order valence-corrected chi connectivity index (χ4v) is 2.12. The molecule has 2 rings (SSSR count). The van der Waals surface area contributed by atoms with Gasteiger partial charge in [-0.05, 0) is 12.1 Å². The SMILES string of the molecule is CC(=O)N1CCN(C(=O)c2ccc(N)cc2O)CC1. The van der Waals surface area contributed by atoms with Gasteiger partial charge in [0.1, 0.15) is 5.75 Å². The summed E-state index contributed by atoms with van der Waals surface area (Å²) in [7, 11) is 0. The average Bonchev–Trinajstić information content (AvgIpc) is 2.38. The van der Waals surface area contributed by atoms with Gasteiger partial charge in [0.15, 0.2) is 0 Å². The lowest BCUT2D eigenvalue weighted by molar-refractivity contribution is -0.130. The maximum Gasteiger partial charge on any atom is 0.257 e. The second-order valence-corrected chi connectivity index (χ2v) is 4.57. The van der Waals surface area contributed by atoms with Crippen molar-refractivity contribution in [1.82, 2.24) is 9.80 Å². The Morgan fingerprint density at radius 2 is 1.74 bits per heavy atom. The van der Waals surface area contributed by atoms with Crippen molar-refractivity contribution in [3.8, 4) is 5.75 Å². The highest BCUT2D eigenvalue weighted by Crippen LogP contribution is 2.22. The normalized spacial score (nSPS) is 15.4. The number of phenols is 1. The molecule has 1 aromatic carbocycles. The molecular weight excluding hydrogens is 246 g/mol. The van der Waals surface area contributed by atoms with E-state index in [-0.39, 0.29) is 23.1 Å². The van der Waals surface area contributed by atoms with Crippen molar-refractivity contribution < 1.29 is 14.7 Å². The number of hydrogen-bond donors (Lipinski definition) is 2. The number of benzene rings is 1. The van der Waals surface area contributed by atoms with Gasteiger partial charge in [-0.1, -0.05) is 0 Å². The molecule has 102 valence electrons. The minimum Gasteiger partial charge on any atom is -0.507 e. The Kier molecular flexibility index (Phi) is 3.59. The van der Waals surface area contributed by atoms with Gasteiger partial charge in [0.25, 0.3) is 5.91 Å². The van der Waals surface area contributed by atoms with Gasteiger partial charge in [0.2, 0.25) is 5.91 Å². The molecule has 1 aliphatic rings. The van der Waals surface area contributed by atoms with Crippen molar-refractivity contribution in [3.63, 3.8) is 0 Å². The molecule has 0 unspecified atom stereocenters. The Morgan fingerprint density at radius 1 is 1.16 bits per heavy atom. The lowest BCUT2D eigenvalue weighted by Crippen LogP contribution is -2.50. The average molecular weight is 263 g/mol. The first-order valence-corrected chi connectivity index (χ1v) is 6.12. The van der Waals surface area contributed by atoms with E-state index in [4.69, 9.17) is 5.73 Å². The van der Waals surface area contributed by atoms with E-state index in [1.54, 1.807) is 15.9 Å². The molecule has 3 N–H and O–H groups in total. The fraction of sp³-hybridized carbons (Fsp3) is 0.385. The first-order chi connectivity index (χ1) is 8.99. The summed E-state index contributed by atoms with van der Waals surface area (Å²) in [5.41, 5.74) is 6.18. The van der Waals surface area contributed by atoms with Crippen molar-refractivity contribution in [3.05, 3.63) is 23.8 Å².